The Morgan fingerprint density at radius 2 is 1.89 bits per heavy atom. The Bertz CT molecular complexity index is 481. The van der Waals surface area contributed by atoms with Crippen LogP contribution in [0.2, 0.25) is 0 Å². The molecule has 0 atom stereocenters. The molecule has 0 saturated heterocycles. The van der Waals surface area contributed by atoms with Gasteiger partial charge < -0.3 is 5.32 Å². The molecule has 0 bridgehead atoms. The number of carbonyl (C=O) groups excluding carboxylic acids is 3. The van der Waals surface area contributed by atoms with Crippen LogP contribution < -0.4 is 5.32 Å². The molecule has 1 aliphatic carbocycles. The van der Waals surface area contributed by atoms with E-state index in [0.717, 1.165) is 5.70 Å². The maximum atomic E-state index is 11.6. The van der Waals surface area contributed by atoms with E-state index in [1.807, 2.05) is 0 Å². The monoisotopic (exact) mass is 247 g/mol. The molecule has 4 heteroatoms. The van der Waals surface area contributed by atoms with E-state index in [1.54, 1.807) is 13.8 Å². The van der Waals surface area contributed by atoms with Crippen LogP contribution in [0.25, 0.3) is 0 Å². The molecule has 0 amide bonds. The van der Waals surface area contributed by atoms with Crippen molar-refractivity contribution in [2.75, 3.05) is 6.54 Å². The first-order valence-electron chi connectivity index (χ1n) is 5.80. The van der Waals surface area contributed by atoms with Crippen molar-refractivity contribution < 1.29 is 14.4 Å². The quantitative estimate of drug-likeness (QED) is 0.590. The molecule has 1 aliphatic rings. The molecule has 0 heterocycles. The normalized spacial score (nSPS) is 16.3. The number of rotatable bonds is 5. The lowest BCUT2D eigenvalue weighted by Gasteiger charge is -2.11. The van der Waals surface area contributed by atoms with E-state index < -0.39 is 0 Å². The molecule has 96 valence electrons. The first-order chi connectivity index (χ1) is 8.40. The lowest BCUT2D eigenvalue weighted by Crippen LogP contribution is -2.18. The molecule has 0 aromatic heterocycles. The Labute approximate surface area is 106 Å². The van der Waals surface area contributed by atoms with Crippen LogP contribution in [0.1, 0.15) is 27.2 Å². The van der Waals surface area contributed by atoms with Crippen LogP contribution in [0.4, 0.5) is 0 Å². The van der Waals surface area contributed by atoms with E-state index in [2.05, 4.69) is 5.32 Å². The molecule has 0 radical (unpaired) electrons. The molecule has 0 aliphatic heterocycles. The summed E-state index contributed by atoms with van der Waals surface area (Å²) in [5, 5.41) is 3.02. The SMILES string of the molecule is CC(=O)/C=C(\C)NCCC1=CC(=O)C(C)=CC1=O. The summed E-state index contributed by atoms with van der Waals surface area (Å²) in [6, 6.07) is 0. The molecule has 0 fully saturated rings. The average molecular weight is 247 g/mol. The molecule has 0 saturated carbocycles. The zero-order valence-corrected chi connectivity index (χ0v) is 10.9. The maximum absolute atomic E-state index is 11.6. The van der Waals surface area contributed by atoms with Crippen molar-refractivity contribution in [1.29, 1.82) is 0 Å². The van der Waals surface area contributed by atoms with Crippen molar-refractivity contribution in [3.63, 3.8) is 0 Å². The lowest BCUT2D eigenvalue weighted by molar-refractivity contribution is -0.115. The summed E-state index contributed by atoms with van der Waals surface area (Å²) >= 11 is 0. The third kappa shape index (κ3) is 4.13. The molecule has 0 unspecified atom stereocenters. The first kappa shape index (κ1) is 14.1. The van der Waals surface area contributed by atoms with Crippen molar-refractivity contribution in [2.45, 2.75) is 27.2 Å². The van der Waals surface area contributed by atoms with E-state index in [1.165, 1.54) is 25.2 Å². The van der Waals surface area contributed by atoms with Crippen LogP contribution >= 0.6 is 0 Å². The van der Waals surface area contributed by atoms with Crippen molar-refractivity contribution in [3.05, 3.63) is 35.1 Å². The van der Waals surface area contributed by atoms with Gasteiger partial charge in [0.15, 0.2) is 17.3 Å². The molecule has 0 aromatic rings. The van der Waals surface area contributed by atoms with Crippen molar-refractivity contribution in [1.82, 2.24) is 5.32 Å². The van der Waals surface area contributed by atoms with Gasteiger partial charge in [0.25, 0.3) is 0 Å². The highest BCUT2D eigenvalue weighted by molar-refractivity contribution is 6.19. The summed E-state index contributed by atoms with van der Waals surface area (Å²) in [6.07, 6.45) is 4.73. The summed E-state index contributed by atoms with van der Waals surface area (Å²) in [6.45, 7) is 5.41. The summed E-state index contributed by atoms with van der Waals surface area (Å²) < 4.78 is 0. The predicted molar refractivity (Wildman–Crippen MR) is 68.9 cm³/mol. The highest BCUT2D eigenvalue weighted by Crippen LogP contribution is 2.13. The van der Waals surface area contributed by atoms with Gasteiger partial charge in [-0.15, -0.1) is 0 Å². The van der Waals surface area contributed by atoms with Gasteiger partial charge in [-0.05, 0) is 45.4 Å². The molecular formula is C14H17NO3. The molecule has 18 heavy (non-hydrogen) atoms. The van der Waals surface area contributed by atoms with Gasteiger partial charge in [-0.2, -0.15) is 0 Å². The number of hydrogen-bond donors (Lipinski definition) is 1. The minimum atomic E-state index is -0.111. The van der Waals surface area contributed by atoms with Gasteiger partial charge in [0.1, 0.15) is 0 Å². The summed E-state index contributed by atoms with van der Waals surface area (Å²) in [4.78, 5) is 33.8. The van der Waals surface area contributed by atoms with E-state index in [-0.39, 0.29) is 17.3 Å². The zero-order chi connectivity index (χ0) is 13.7. The van der Waals surface area contributed by atoms with Crippen LogP contribution in [-0.2, 0) is 14.4 Å². The third-order valence-electron chi connectivity index (χ3n) is 2.58. The number of carbonyl (C=O) groups is 3. The maximum Gasteiger partial charge on any atom is 0.182 e. The van der Waals surface area contributed by atoms with Crippen LogP contribution in [0.15, 0.2) is 35.1 Å². The fourth-order valence-electron chi connectivity index (χ4n) is 1.65. The molecule has 4 nitrogen and oxygen atoms in total. The van der Waals surface area contributed by atoms with Gasteiger partial charge in [-0.3, -0.25) is 14.4 Å². The number of nitrogens with one attached hydrogen (secondary N) is 1. The molecule has 0 aromatic carbocycles. The fraction of sp³-hybridized carbons (Fsp3) is 0.357. The Balaban J connectivity index is 2.51. The van der Waals surface area contributed by atoms with Crippen LogP contribution in [-0.4, -0.2) is 23.9 Å². The standard InChI is InChI=1S/C14H17NO3/c1-9-6-14(18)12(8-13(9)17)4-5-15-10(2)7-11(3)16/h6-8,15H,4-5H2,1-3H3/b10-7+. The Hall–Kier alpha value is -1.97. The van der Waals surface area contributed by atoms with Crippen LogP contribution in [0.5, 0.6) is 0 Å². The van der Waals surface area contributed by atoms with Crippen molar-refractivity contribution in [3.8, 4) is 0 Å². The van der Waals surface area contributed by atoms with E-state index in [9.17, 15) is 14.4 Å². The second kappa shape index (κ2) is 6.10. The van der Waals surface area contributed by atoms with E-state index in [4.69, 9.17) is 0 Å². The minimum absolute atomic E-state index is 0.0262. The molecule has 1 rings (SSSR count). The van der Waals surface area contributed by atoms with Crippen molar-refractivity contribution >= 4 is 17.3 Å². The Kier molecular flexibility index (Phi) is 4.77. The fourth-order valence-corrected chi connectivity index (χ4v) is 1.65. The lowest BCUT2D eigenvalue weighted by atomic mass is 9.96. The first-order valence-corrected chi connectivity index (χ1v) is 5.80. The summed E-state index contributed by atoms with van der Waals surface area (Å²) in [7, 11) is 0. The highest BCUT2D eigenvalue weighted by atomic mass is 16.1. The molecule has 0 spiro atoms. The van der Waals surface area contributed by atoms with Crippen LogP contribution in [0.3, 0.4) is 0 Å². The minimum Gasteiger partial charge on any atom is -0.388 e. The topological polar surface area (TPSA) is 63.2 Å². The molecule has 1 N–H and O–H groups in total. The van der Waals surface area contributed by atoms with Gasteiger partial charge in [0, 0.05) is 23.4 Å². The van der Waals surface area contributed by atoms with Crippen LogP contribution in [0, 0.1) is 0 Å². The zero-order valence-electron chi connectivity index (χ0n) is 10.9. The van der Waals surface area contributed by atoms with Crippen molar-refractivity contribution in [2.24, 2.45) is 0 Å². The highest BCUT2D eigenvalue weighted by Gasteiger charge is 2.16. The Morgan fingerprint density at radius 3 is 2.50 bits per heavy atom. The third-order valence-corrected chi connectivity index (χ3v) is 2.58. The van der Waals surface area contributed by atoms with Gasteiger partial charge in [-0.25, -0.2) is 0 Å². The summed E-state index contributed by atoms with van der Waals surface area (Å²) in [5.74, 6) is -0.246. The Morgan fingerprint density at radius 1 is 1.22 bits per heavy atom. The number of ketones is 3. The van der Waals surface area contributed by atoms with Gasteiger partial charge in [0.2, 0.25) is 0 Å². The van der Waals surface area contributed by atoms with Gasteiger partial charge in [-0.1, -0.05) is 0 Å². The second-order valence-corrected chi connectivity index (χ2v) is 4.34. The second-order valence-electron chi connectivity index (χ2n) is 4.34. The summed E-state index contributed by atoms with van der Waals surface area (Å²) in [5.41, 5.74) is 1.74. The molecular weight excluding hydrogens is 230 g/mol. The average Bonchev–Trinajstić information content (AvgIpc) is 2.24. The van der Waals surface area contributed by atoms with E-state index in [0.29, 0.717) is 24.1 Å². The smallest absolute Gasteiger partial charge is 0.182 e. The largest absolute Gasteiger partial charge is 0.388 e. The number of allylic oxidation sites excluding steroid dienone is 5. The predicted octanol–water partition coefficient (Wildman–Crippen LogP) is 1.48. The van der Waals surface area contributed by atoms with E-state index >= 15 is 0 Å². The number of hydrogen-bond acceptors (Lipinski definition) is 4. The van der Waals surface area contributed by atoms with Gasteiger partial charge >= 0.3 is 0 Å². The van der Waals surface area contributed by atoms with Gasteiger partial charge in [0.05, 0.1) is 0 Å².